The standard InChI is InChI=1S/C22H20N2O3S/c1-26-17-7-8-19-20(12-17)28-22(24-19)5-3-2-4-15-6-9-21(23-13-15)27-18-10-16(11-18)14-25/h2-9,12-14,16,18H,10-11H2,1H3/b4-2+,5-3+. The summed E-state index contributed by atoms with van der Waals surface area (Å²) >= 11 is 1.63. The molecule has 0 atom stereocenters. The summed E-state index contributed by atoms with van der Waals surface area (Å²) in [5.74, 6) is 1.59. The van der Waals surface area contributed by atoms with Gasteiger partial charge < -0.3 is 14.3 Å². The van der Waals surface area contributed by atoms with Crippen LogP contribution in [0, 0.1) is 5.92 Å². The number of methoxy groups -OCH3 is 1. The first-order chi connectivity index (χ1) is 13.7. The first-order valence-corrected chi connectivity index (χ1v) is 9.92. The predicted octanol–water partition coefficient (Wildman–Crippen LogP) is 4.78. The van der Waals surface area contributed by atoms with Crippen LogP contribution in [0.4, 0.5) is 0 Å². The van der Waals surface area contributed by atoms with Crippen molar-refractivity contribution in [1.29, 1.82) is 0 Å². The molecule has 2 heterocycles. The molecule has 1 aromatic carbocycles. The molecule has 0 N–H and O–H groups in total. The van der Waals surface area contributed by atoms with Crippen molar-refractivity contribution in [3.63, 3.8) is 0 Å². The number of hydrogen-bond donors (Lipinski definition) is 0. The van der Waals surface area contributed by atoms with E-state index < -0.39 is 0 Å². The molecule has 3 aromatic rings. The number of nitrogens with zero attached hydrogens (tertiary/aromatic N) is 2. The van der Waals surface area contributed by atoms with Gasteiger partial charge in [-0.25, -0.2) is 9.97 Å². The lowest BCUT2D eigenvalue weighted by Gasteiger charge is -2.31. The van der Waals surface area contributed by atoms with Gasteiger partial charge in [0.25, 0.3) is 0 Å². The van der Waals surface area contributed by atoms with E-state index in [9.17, 15) is 4.79 Å². The molecule has 1 aliphatic rings. The van der Waals surface area contributed by atoms with Crippen LogP contribution in [-0.2, 0) is 4.79 Å². The molecule has 0 amide bonds. The SMILES string of the molecule is COc1ccc2nc(/C=C/C=C/c3ccc(OC4CC(C=O)C4)nc3)sc2c1. The second-order valence-electron chi connectivity index (χ2n) is 6.64. The van der Waals surface area contributed by atoms with Crippen LogP contribution in [0.25, 0.3) is 22.4 Å². The lowest BCUT2D eigenvalue weighted by atomic mass is 9.83. The lowest BCUT2D eigenvalue weighted by Crippen LogP contribution is -2.34. The minimum absolute atomic E-state index is 0.112. The zero-order chi connectivity index (χ0) is 19.3. The number of allylic oxidation sites excluding steroid dienone is 2. The summed E-state index contributed by atoms with van der Waals surface area (Å²) in [4.78, 5) is 19.5. The molecule has 142 valence electrons. The van der Waals surface area contributed by atoms with Crippen molar-refractivity contribution in [2.24, 2.45) is 5.92 Å². The Labute approximate surface area is 167 Å². The highest BCUT2D eigenvalue weighted by Crippen LogP contribution is 2.29. The third-order valence-corrected chi connectivity index (χ3v) is 5.60. The fraction of sp³-hybridized carbons (Fsp3) is 0.227. The summed E-state index contributed by atoms with van der Waals surface area (Å²) in [5.41, 5.74) is 1.96. The molecule has 4 rings (SSSR count). The normalized spacial score (nSPS) is 19.2. The summed E-state index contributed by atoms with van der Waals surface area (Å²) < 4.78 is 12.1. The highest BCUT2D eigenvalue weighted by Gasteiger charge is 2.30. The maximum absolute atomic E-state index is 10.6. The number of ether oxygens (including phenoxy) is 2. The Bertz CT molecular complexity index is 1020. The largest absolute Gasteiger partial charge is 0.497 e. The Hall–Kier alpha value is -2.99. The number of pyridine rings is 1. The van der Waals surface area contributed by atoms with Crippen molar-refractivity contribution < 1.29 is 14.3 Å². The molecule has 0 unspecified atom stereocenters. The van der Waals surface area contributed by atoms with E-state index in [-0.39, 0.29) is 12.0 Å². The maximum atomic E-state index is 10.6. The van der Waals surface area contributed by atoms with Crippen molar-refractivity contribution >= 4 is 40.0 Å². The number of benzene rings is 1. The Balaban J connectivity index is 1.33. The van der Waals surface area contributed by atoms with Gasteiger partial charge in [-0.05, 0) is 48.7 Å². The first-order valence-electron chi connectivity index (χ1n) is 9.11. The number of rotatable bonds is 7. The number of fused-ring (bicyclic) bond motifs is 1. The number of aldehydes is 1. The van der Waals surface area contributed by atoms with Crippen molar-refractivity contribution in [3.05, 3.63) is 59.3 Å². The van der Waals surface area contributed by atoms with E-state index in [0.29, 0.717) is 5.88 Å². The second-order valence-corrected chi connectivity index (χ2v) is 7.70. The molecule has 1 fully saturated rings. The van der Waals surface area contributed by atoms with Crippen LogP contribution in [0.5, 0.6) is 11.6 Å². The highest BCUT2D eigenvalue weighted by atomic mass is 32.1. The van der Waals surface area contributed by atoms with Gasteiger partial charge in [0, 0.05) is 18.2 Å². The number of aromatic nitrogens is 2. The van der Waals surface area contributed by atoms with E-state index in [1.807, 2.05) is 54.6 Å². The third kappa shape index (κ3) is 4.28. The van der Waals surface area contributed by atoms with Gasteiger partial charge in [-0.15, -0.1) is 11.3 Å². The summed E-state index contributed by atoms with van der Waals surface area (Å²) in [5, 5.41) is 0.948. The molecule has 28 heavy (non-hydrogen) atoms. The van der Waals surface area contributed by atoms with Crippen LogP contribution in [0.3, 0.4) is 0 Å². The monoisotopic (exact) mass is 392 g/mol. The van der Waals surface area contributed by atoms with Gasteiger partial charge in [0.15, 0.2) is 0 Å². The minimum atomic E-state index is 0.112. The average Bonchev–Trinajstić information content (AvgIpc) is 3.10. The molecular formula is C22H20N2O3S. The average molecular weight is 392 g/mol. The smallest absolute Gasteiger partial charge is 0.213 e. The van der Waals surface area contributed by atoms with Gasteiger partial charge in [-0.2, -0.15) is 0 Å². The molecule has 0 spiro atoms. The molecule has 0 bridgehead atoms. The van der Waals surface area contributed by atoms with Crippen LogP contribution in [0.15, 0.2) is 48.7 Å². The van der Waals surface area contributed by atoms with E-state index in [0.717, 1.165) is 45.7 Å². The molecule has 0 saturated heterocycles. The lowest BCUT2D eigenvalue weighted by molar-refractivity contribution is -0.116. The fourth-order valence-electron chi connectivity index (χ4n) is 2.97. The summed E-state index contributed by atoms with van der Waals surface area (Å²) in [6, 6.07) is 9.71. The van der Waals surface area contributed by atoms with Crippen LogP contribution in [0.1, 0.15) is 23.4 Å². The second kappa shape index (κ2) is 8.35. The zero-order valence-corrected chi connectivity index (χ0v) is 16.3. The van der Waals surface area contributed by atoms with Gasteiger partial charge >= 0.3 is 0 Å². The van der Waals surface area contributed by atoms with Crippen molar-refractivity contribution in [3.8, 4) is 11.6 Å². The number of thiazole rings is 1. The maximum Gasteiger partial charge on any atom is 0.213 e. The van der Waals surface area contributed by atoms with Crippen LogP contribution in [0.2, 0.25) is 0 Å². The van der Waals surface area contributed by atoms with Gasteiger partial charge in [0.1, 0.15) is 23.1 Å². The van der Waals surface area contributed by atoms with Crippen LogP contribution < -0.4 is 9.47 Å². The van der Waals surface area contributed by atoms with E-state index in [2.05, 4.69) is 9.97 Å². The number of hydrogen-bond acceptors (Lipinski definition) is 6. The summed E-state index contributed by atoms with van der Waals surface area (Å²) in [6.07, 6.45) is 12.4. The fourth-order valence-corrected chi connectivity index (χ4v) is 3.88. The number of carbonyl (C=O) groups is 1. The van der Waals surface area contributed by atoms with Crippen molar-refractivity contribution in [1.82, 2.24) is 9.97 Å². The quantitative estimate of drug-likeness (QED) is 0.428. The van der Waals surface area contributed by atoms with Gasteiger partial charge in [-0.1, -0.05) is 18.2 Å². The first kappa shape index (κ1) is 18.4. The predicted molar refractivity (Wildman–Crippen MR) is 112 cm³/mol. The summed E-state index contributed by atoms with van der Waals surface area (Å²) in [6.45, 7) is 0. The third-order valence-electron chi connectivity index (χ3n) is 4.62. The molecule has 0 radical (unpaired) electrons. The number of carbonyl (C=O) groups excluding carboxylic acids is 1. The van der Waals surface area contributed by atoms with E-state index in [4.69, 9.17) is 9.47 Å². The Kier molecular flexibility index (Phi) is 5.48. The molecule has 2 aromatic heterocycles. The molecule has 1 saturated carbocycles. The zero-order valence-electron chi connectivity index (χ0n) is 15.4. The molecular weight excluding hydrogens is 372 g/mol. The molecule has 0 aliphatic heterocycles. The van der Waals surface area contributed by atoms with Crippen LogP contribution in [-0.4, -0.2) is 29.5 Å². The van der Waals surface area contributed by atoms with Crippen molar-refractivity contribution in [2.45, 2.75) is 18.9 Å². The topological polar surface area (TPSA) is 61.3 Å². The highest BCUT2D eigenvalue weighted by molar-refractivity contribution is 7.19. The Morgan fingerprint density at radius 3 is 2.75 bits per heavy atom. The molecule has 6 heteroatoms. The van der Waals surface area contributed by atoms with E-state index in [1.54, 1.807) is 24.6 Å². The van der Waals surface area contributed by atoms with E-state index in [1.165, 1.54) is 0 Å². The van der Waals surface area contributed by atoms with E-state index >= 15 is 0 Å². The Morgan fingerprint density at radius 1 is 1.14 bits per heavy atom. The minimum Gasteiger partial charge on any atom is -0.497 e. The molecule has 1 aliphatic carbocycles. The van der Waals surface area contributed by atoms with Crippen LogP contribution >= 0.6 is 11.3 Å². The van der Waals surface area contributed by atoms with Gasteiger partial charge in [-0.3, -0.25) is 0 Å². The Morgan fingerprint density at radius 2 is 2.00 bits per heavy atom. The summed E-state index contributed by atoms with van der Waals surface area (Å²) in [7, 11) is 1.66. The molecule has 5 nitrogen and oxygen atoms in total. The van der Waals surface area contributed by atoms with Gasteiger partial charge in [0.2, 0.25) is 5.88 Å². The van der Waals surface area contributed by atoms with Crippen molar-refractivity contribution in [2.75, 3.05) is 7.11 Å². The van der Waals surface area contributed by atoms with Gasteiger partial charge in [0.05, 0.1) is 17.3 Å².